The molecular weight excluding hydrogens is 386 g/mol. The van der Waals surface area contributed by atoms with Crippen LogP contribution < -0.4 is 0 Å². The summed E-state index contributed by atoms with van der Waals surface area (Å²) >= 11 is 2.90. The van der Waals surface area contributed by atoms with Crippen LogP contribution in [0.5, 0.6) is 0 Å². The van der Waals surface area contributed by atoms with Gasteiger partial charge in [0.15, 0.2) is 0 Å². The van der Waals surface area contributed by atoms with Gasteiger partial charge in [0.1, 0.15) is 0 Å². The summed E-state index contributed by atoms with van der Waals surface area (Å²) in [6.07, 6.45) is 3.24. The molecule has 0 aliphatic carbocycles. The highest BCUT2D eigenvalue weighted by Crippen LogP contribution is 2.36. The molecule has 0 atom stereocenters. The van der Waals surface area contributed by atoms with Crippen LogP contribution in [0.2, 0.25) is 0 Å². The van der Waals surface area contributed by atoms with Gasteiger partial charge in [0.25, 0.3) is 0 Å². The van der Waals surface area contributed by atoms with Crippen molar-refractivity contribution in [2.45, 2.75) is 48.1 Å². The molecule has 4 nitrogen and oxygen atoms in total. The summed E-state index contributed by atoms with van der Waals surface area (Å²) in [7, 11) is -3.72. The largest absolute Gasteiger partial charge is 0.428 e. The highest BCUT2D eigenvalue weighted by molar-refractivity contribution is 8.00. The van der Waals surface area contributed by atoms with Gasteiger partial charge in [-0.25, -0.2) is 8.42 Å². The summed E-state index contributed by atoms with van der Waals surface area (Å²) < 4.78 is 32.1. The minimum absolute atomic E-state index is 0.0197. The van der Waals surface area contributed by atoms with Crippen LogP contribution in [0, 0.1) is 6.92 Å². The first-order valence-electron chi connectivity index (χ1n) is 8.51. The summed E-state index contributed by atoms with van der Waals surface area (Å²) in [6.45, 7) is 4.07. The molecular formula is C19H21NO3S3. The van der Waals surface area contributed by atoms with Crippen molar-refractivity contribution in [1.29, 1.82) is 0 Å². The van der Waals surface area contributed by atoms with E-state index in [0.717, 1.165) is 35.5 Å². The van der Waals surface area contributed by atoms with E-state index in [2.05, 4.69) is 11.9 Å². The fourth-order valence-corrected chi connectivity index (χ4v) is 5.58. The van der Waals surface area contributed by atoms with E-state index < -0.39 is 9.84 Å². The topological polar surface area (TPSA) is 60.2 Å². The van der Waals surface area contributed by atoms with E-state index in [4.69, 9.17) is 4.42 Å². The Labute approximate surface area is 162 Å². The molecule has 0 spiro atoms. The maximum absolute atomic E-state index is 13.1. The Bertz CT molecular complexity index is 943. The van der Waals surface area contributed by atoms with Crippen molar-refractivity contribution in [3.63, 3.8) is 0 Å². The Morgan fingerprint density at radius 3 is 2.58 bits per heavy atom. The molecule has 2 aromatic heterocycles. The quantitative estimate of drug-likeness (QED) is 0.347. The smallest absolute Gasteiger partial charge is 0.238 e. The number of unbranched alkanes of at least 4 members (excludes halogenated alkanes) is 2. The minimum atomic E-state index is -3.72. The van der Waals surface area contributed by atoms with Crippen molar-refractivity contribution in [3.05, 3.63) is 47.3 Å². The third-order valence-corrected chi connectivity index (χ3v) is 7.56. The lowest BCUT2D eigenvalue weighted by molar-refractivity contribution is 0.471. The molecule has 0 unspecified atom stereocenters. The van der Waals surface area contributed by atoms with E-state index in [1.807, 2.05) is 24.4 Å². The Hall–Kier alpha value is -1.57. The summed E-state index contributed by atoms with van der Waals surface area (Å²) in [4.78, 5) is 5.42. The van der Waals surface area contributed by atoms with E-state index in [0.29, 0.717) is 11.0 Å². The lowest BCUT2D eigenvalue weighted by atomic mass is 10.2. The third-order valence-electron chi connectivity index (χ3n) is 3.87. The van der Waals surface area contributed by atoms with Crippen LogP contribution in [-0.4, -0.2) is 19.2 Å². The van der Waals surface area contributed by atoms with Crippen molar-refractivity contribution in [3.8, 4) is 10.8 Å². The van der Waals surface area contributed by atoms with Gasteiger partial charge in [-0.2, -0.15) is 4.98 Å². The maximum atomic E-state index is 13.1. The Morgan fingerprint density at radius 1 is 1.15 bits per heavy atom. The van der Waals surface area contributed by atoms with Gasteiger partial charge in [-0.15, -0.1) is 11.3 Å². The molecule has 7 heteroatoms. The normalized spacial score (nSPS) is 11.8. The predicted molar refractivity (Wildman–Crippen MR) is 107 cm³/mol. The number of aromatic nitrogens is 1. The van der Waals surface area contributed by atoms with E-state index in [1.54, 1.807) is 24.3 Å². The molecule has 0 saturated heterocycles. The molecule has 0 N–H and O–H groups in total. The van der Waals surface area contributed by atoms with Crippen LogP contribution in [-0.2, 0) is 9.84 Å². The first kappa shape index (κ1) is 19.2. The number of thiophene rings is 1. The molecule has 0 amide bonds. The van der Waals surface area contributed by atoms with E-state index in [9.17, 15) is 8.42 Å². The van der Waals surface area contributed by atoms with Crippen LogP contribution in [0.4, 0.5) is 0 Å². The molecule has 0 radical (unpaired) electrons. The van der Waals surface area contributed by atoms with E-state index >= 15 is 0 Å². The van der Waals surface area contributed by atoms with Crippen molar-refractivity contribution in [2.75, 3.05) is 5.75 Å². The maximum Gasteiger partial charge on any atom is 0.238 e. The van der Waals surface area contributed by atoms with Gasteiger partial charge in [-0.3, -0.25) is 0 Å². The van der Waals surface area contributed by atoms with Gasteiger partial charge < -0.3 is 4.42 Å². The number of oxazole rings is 1. The number of benzene rings is 1. The minimum Gasteiger partial charge on any atom is -0.428 e. The van der Waals surface area contributed by atoms with Crippen molar-refractivity contribution in [2.24, 2.45) is 0 Å². The molecule has 0 saturated carbocycles. The predicted octanol–water partition coefficient (Wildman–Crippen LogP) is 5.83. The second kappa shape index (κ2) is 8.41. The Kier molecular flexibility index (Phi) is 6.21. The standard InChI is InChI=1S/C19H21NO3S3/c1-3-4-5-12-25-19-18(20-17(23-19)16-7-6-13-24-16)26(21,22)15-10-8-14(2)9-11-15/h6-11,13H,3-5,12H2,1-2H3. The molecule has 0 aliphatic heterocycles. The zero-order valence-corrected chi connectivity index (χ0v) is 17.2. The van der Waals surface area contributed by atoms with E-state index in [-0.39, 0.29) is 9.92 Å². The summed E-state index contributed by atoms with van der Waals surface area (Å²) in [5.74, 6) is 1.17. The average molecular weight is 408 g/mol. The van der Waals surface area contributed by atoms with Gasteiger partial charge in [-0.05, 0) is 36.9 Å². The molecule has 2 heterocycles. The van der Waals surface area contributed by atoms with Gasteiger partial charge in [0, 0.05) is 5.75 Å². The van der Waals surface area contributed by atoms with E-state index in [1.165, 1.54) is 23.1 Å². The second-order valence-electron chi connectivity index (χ2n) is 5.96. The fourth-order valence-electron chi connectivity index (χ4n) is 2.40. The Morgan fingerprint density at radius 2 is 1.92 bits per heavy atom. The summed E-state index contributed by atoms with van der Waals surface area (Å²) in [5, 5.41) is 2.32. The molecule has 3 rings (SSSR count). The van der Waals surface area contributed by atoms with Gasteiger partial charge in [0.05, 0.1) is 9.77 Å². The third kappa shape index (κ3) is 4.22. The number of rotatable bonds is 8. The van der Waals surface area contributed by atoms with Crippen LogP contribution in [0.3, 0.4) is 0 Å². The number of nitrogens with zero attached hydrogens (tertiary/aromatic N) is 1. The molecule has 0 fully saturated rings. The number of sulfone groups is 1. The zero-order valence-electron chi connectivity index (χ0n) is 14.8. The monoisotopic (exact) mass is 407 g/mol. The summed E-state index contributed by atoms with van der Waals surface area (Å²) in [6, 6.07) is 10.6. The van der Waals surface area contributed by atoms with Crippen molar-refractivity contribution < 1.29 is 12.8 Å². The highest BCUT2D eigenvalue weighted by atomic mass is 32.2. The fraction of sp³-hybridized carbons (Fsp3) is 0.316. The number of thioether (sulfide) groups is 1. The summed E-state index contributed by atoms with van der Waals surface area (Å²) in [5.41, 5.74) is 1.01. The molecule has 1 aromatic carbocycles. The SMILES string of the molecule is CCCCCSc1oc(-c2cccs2)nc1S(=O)(=O)c1ccc(C)cc1. The van der Waals surface area contributed by atoms with Crippen molar-refractivity contribution >= 4 is 32.9 Å². The average Bonchev–Trinajstić information content (AvgIpc) is 3.29. The molecule has 0 bridgehead atoms. The molecule has 3 aromatic rings. The number of hydrogen-bond acceptors (Lipinski definition) is 6. The molecule has 0 aliphatic rings. The lowest BCUT2D eigenvalue weighted by Gasteiger charge is -2.04. The second-order valence-corrected chi connectivity index (χ2v) is 9.84. The van der Waals surface area contributed by atoms with Crippen LogP contribution >= 0.6 is 23.1 Å². The van der Waals surface area contributed by atoms with Gasteiger partial charge in [-0.1, -0.05) is 55.3 Å². The Balaban J connectivity index is 1.99. The number of aryl methyl sites for hydroxylation is 1. The first-order chi connectivity index (χ1) is 12.5. The first-order valence-corrected chi connectivity index (χ1v) is 11.9. The zero-order chi connectivity index (χ0) is 18.6. The number of hydrogen-bond donors (Lipinski definition) is 0. The molecule has 26 heavy (non-hydrogen) atoms. The van der Waals surface area contributed by atoms with Gasteiger partial charge in [0.2, 0.25) is 25.8 Å². The van der Waals surface area contributed by atoms with Crippen LogP contribution in [0.25, 0.3) is 10.8 Å². The lowest BCUT2D eigenvalue weighted by Crippen LogP contribution is -2.04. The van der Waals surface area contributed by atoms with Crippen LogP contribution in [0.1, 0.15) is 31.7 Å². The van der Waals surface area contributed by atoms with Crippen molar-refractivity contribution in [1.82, 2.24) is 4.98 Å². The highest BCUT2D eigenvalue weighted by Gasteiger charge is 2.28. The van der Waals surface area contributed by atoms with Crippen LogP contribution in [0.15, 0.2) is 61.2 Å². The molecule has 138 valence electrons. The van der Waals surface area contributed by atoms with Gasteiger partial charge >= 0.3 is 0 Å².